The summed E-state index contributed by atoms with van der Waals surface area (Å²) in [6, 6.07) is 8.02. The quantitative estimate of drug-likeness (QED) is 0.831. The van der Waals surface area contributed by atoms with E-state index in [0.717, 1.165) is 17.7 Å². The zero-order valence-corrected chi connectivity index (χ0v) is 12.9. The lowest BCUT2D eigenvalue weighted by atomic mass is 10.0. The van der Waals surface area contributed by atoms with Crippen LogP contribution in [0.1, 0.15) is 25.0 Å². The molecular formula is C15H21N3OS. The molecule has 5 heteroatoms. The molecule has 0 saturated carbocycles. The minimum Gasteiger partial charge on any atom is -0.484 e. The molecule has 0 amide bonds. The SMILES string of the molecule is CCC(N)C(Oc1ccc(SC)cc1)c1cnn(C)c1. The van der Waals surface area contributed by atoms with Crippen molar-refractivity contribution in [2.75, 3.05) is 6.26 Å². The lowest BCUT2D eigenvalue weighted by Gasteiger charge is -2.23. The summed E-state index contributed by atoms with van der Waals surface area (Å²) in [4.78, 5) is 1.22. The molecule has 0 bridgehead atoms. The first-order valence-corrected chi connectivity index (χ1v) is 7.91. The first-order chi connectivity index (χ1) is 9.63. The summed E-state index contributed by atoms with van der Waals surface area (Å²) < 4.78 is 7.85. The smallest absolute Gasteiger partial charge is 0.142 e. The molecular weight excluding hydrogens is 270 g/mol. The van der Waals surface area contributed by atoms with Crippen LogP contribution in [0.2, 0.25) is 0 Å². The van der Waals surface area contributed by atoms with Gasteiger partial charge in [-0.2, -0.15) is 5.10 Å². The van der Waals surface area contributed by atoms with Crippen LogP contribution in [0.15, 0.2) is 41.6 Å². The topological polar surface area (TPSA) is 53.1 Å². The number of thioether (sulfide) groups is 1. The Bertz CT molecular complexity index is 538. The number of hydrogen-bond acceptors (Lipinski definition) is 4. The van der Waals surface area contributed by atoms with Gasteiger partial charge in [-0.1, -0.05) is 6.92 Å². The highest BCUT2D eigenvalue weighted by Crippen LogP contribution is 2.26. The summed E-state index contributed by atoms with van der Waals surface area (Å²) in [6.45, 7) is 2.06. The van der Waals surface area contributed by atoms with Gasteiger partial charge in [-0.05, 0) is 36.9 Å². The number of nitrogens with zero attached hydrogens (tertiary/aromatic N) is 2. The monoisotopic (exact) mass is 291 g/mol. The Morgan fingerprint density at radius 1 is 1.35 bits per heavy atom. The molecule has 2 atom stereocenters. The third-order valence-corrected chi connectivity index (χ3v) is 3.98. The van der Waals surface area contributed by atoms with E-state index in [1.54, 1.807) is 16.4 Å². The van der Waals surface area contributed by atoms with E-state index in [2.05, 4.69) is 30.4 Å². The third-order valence-electron chi connectivity index (χ3n) is 3.24. The van der Waals surface area contributed by atoms with Crippen LogP contribution in [-0.4, -0.2) is 22.1 Å². The van der Waals surface area contributed by atoms with Crippen LogP contribution < -0.4 is 10.5 Å². The van der Waals surface area contributed by atoms with Crippen LogP contribution in [0.3, 0.4) is 0 Å². The van der Waals surface area contributed by atoms with E-state index in [0.29, 0.717) is 0 Å². The van der Waals surface area contributed by atoms with Crippen molar-refractivity contribution in [3.63, 3.8) is 0 Å². The summed E-state index contributed by atoms with van der Waals surface area (Å²) in [6.07, 6.45) is 6.50. The Hall–Kier alpha value is -1.46. The highest BCUT2D eigenvalue weighted by molar-refractivity contribution is 7.98. The highest BCUT2D eigenvalue weighted by atomic mass is 32.2. The van der Waals surface area contributed by atoms with Gasteiger partial charge in [0, 0.05) is 29.7 Å². The summed E-state index contributed by atoms with van der Waals surface area (Å²) in [5.41, 5.74) is 7.21. The number of benzene rings is 1. The van der Waals surface area contributed by atoms with Crippen LogP contribution in [0.25, 0.3) is 0 Å². The van der Waals surface area contributed by atoms with Crippen molar-refractivity contribution < 1.29 is 4.74 Å². The molecule has 0 aliphatic heterocycles. The van der Waals surface area contributed by atoms with E-state index in [4.69, 9.17) is 10.5 Å². The molecule has 1 aromatic heterocycles. The molecule has 0 fully saturated rings. The average Bonchev–Trinajstić information content (AvgIpc) is 2.91. The third kappa shape index (κ3) is 3.55. The second-order valence-electron chi connectivity index (χ2n) is 4.73. The van der Waals surface area contributed by atoms with Crippen LogP contribution in [0, 0.1) is 0 Å². The average molecular weight is 291 g/mol. The summed E-state index contributed by atoms with van der Waals surface area (Å²) in [5, 5.41) is 4.20. The van der Waals surface area contributed by atoms with Crippen LogP contribution >= 0.6 is 11.8 Å². The molecule has 1 heterocycles. The fraction of sp³-hybridized carbons (Fsp3) is 0.400. The van der Waals surface area contributed by atoms with Gasteiger partial charge < -0.3 is 10.5 Å². The molecule has 0 saturated heterocycles. The van der Waals surface area contributed by atoms with Gasteiger partial charge in [-0.25, -0.2) is 0 Å². The first kappa shape index (κ1) is 14.9. The second-order valence-corrected chi connectivity index (χ2v) is 5.61. The molecule has 4 nitrogen and oxygen atoms in total. The van der Waals surface area contributed by atoms with Gasteiger partial charge in [-0.15, -0.1) is 11.8 Å². The van der Waals surface area contributed by atoms with Crippen molar-refractivity contribution in [1.29, 1.82) is 0 Å². The molecule has 2 N–H and O–H groups in total. The minimum atomic E-state index is -0.172. The van der Waals surface area contributed by atoms with Crippen molar-refractivity contribution in [1.82, 2.24) is 9.78 Å². The number of ether oxygens (including phenoxy) is 1. The summed E-state index contributed by atoms with van der Waals surface area (Å²) >= 11 is 1.71. The zero-order chi connectivity index (χ0) is 14.5. The number of hydrogen-bond donors (Lipinski definition) is 1. The molecule has 2 aromatic rings. The van der Waals surface area contributed by atoms with Crippen molar-refractivity contribution in [2.24, 2.45) is 12.8 Å². The van der Waals surface area contributed by atoms with Gasteiger partial charge in [0.15, 0.2) is 0 Å². The van der Waals surface area contributed by atoms with Crippen molar-refractivity contribution in [3.05, 3.63) is 42.2 Å². The Kier molecular flexibility index (Phi) is 5.09. The molecule has 108 valence electrons. The largest absolute Gasteiger partial charge is 0.484 e. The Balaban J connectivity index is 2.18. The van der Waals surface area contributed by atoms with E-state index in [9.17, 15) is 0 Å². The van der Waals surface area contributed by atoms with Gasteiger partial charge in [0.05, 0.1) is 6.20 Å². The van der Waals surface area contributed by atoms with Crippen molar-refractivity contribution >= 4 is 11.8 Å². The van der Waals surface area contributed by atoms with E-state index >= 15 is 0 Å². The van der Waals surface area contributed by atoms with Crippen LogP contribution in [0.5, 0.6) is 5.75 Å². The minimum absolute atomic E-state index is 0.0561. The van der Waals surface area contributed by atoms with E-state index in [-0.39, 0.29) is 12.1 Å². The molecule has 2 unspecified atom stereocenters. The number of aryl methyl sites for hydroxylation is 1. The molecule has 0 aliphatic carbocycles. The zero-order valence-electron chi connectivity index (χ0n) is 12.1. The van der Waals surface area contributed by atoms with Gasteiger partial charge in [-0.3, -0.25) is 4.68 Å². The first-order valence-electron chi connectivity index (χ1n) is 6.69. The van der Waals surface area contributed by atoms with Crippen LogP contribution in [0.4, 0.5) is 0 Å². The highest BCUT2D eigenvalue weighted by Gasteiger charge is 2.22. The molecule has 20 heavy (non-hydrogen) atoms. The Morgan fingerprint density at radius 2 is 2.05 bits per heavy atom. The van der Waals surface area contributed by atoms with E-state index in [1.807, 2.05) is 31.6 Å². The van der Waals surface area contributed by atoms with Crippen molar-refractivity contribution in [2.45, 2.75) is 30.4 Å². The van der Waals surface area contributed by atoms with Crippen LogP contribution in [-0.2, 0) is 7.05 Å². The number of aromatic nitrogens is 2. The number of rotatable bonds is 6. The molecule has 0 spiro atoms. The van der Waals surface area contributed by atoms with E-state index in [1.165, 1.54) is 4.90 Å². The normalized spacial score (nSPS) is 14.0. The molecule has 0 radical (unpaired) electrons. The van der Waals surface area contributed by atoms with Gasteiger partial charge >= 0.3 is 0 Å². The second kappa shape index (κ2) is 6.81. The summed E-state index contributed by atoms with van der Waals surface area (Å²) in [5.74, 6) is 0.834. The van der Waals surface area contributed by atoms with Gasteiger partial charge in [0.1, 0.15) is 11.9 Å². The fourth-order valence-corrected chi connectivity index (χ4v) is 2.41. The maximum atomic E-state index is 6.20. The van der Waals surface area contributed by atoms with Gasteiger partial charge in [0.2, 0.25) is 0 Å². The molecule has 0 aliphatic rings. The lowest BCUT2D eigenvalue weighted by Crippen LogP contribution is -2.31. The molecule has 1 aromatic carbocycles. The molecule has 2 rings (SSSR count). The lowest BCUT2D eigenvalue weighted by molar-refractivity contribution is 0.171. The maximum Gasteiger partial charge on any atom is 0.142 e. The van der Waals surface area contributed by atoms with E-state index < -0.39 is 0 Å². The summed E-state index contributed by atoms with van der Waals surface area (Å²) in [7, 11) is 1.89. The van der Waals surface area contributed by atoms with Gasteiger partial charge in [0.25, 0.3) is 0 Å². The predicted octanol–water partition coefficient (Wildman–Crippen LogP) is 3.00. The Labute approximate surface area is 124 Å². The Morgan fingerprint density at radius 3 is 2.55 bits per heavy atom. The predicted molar refractivity (Wildman–Crippen MR) is 83.1 cm³/mol. The number of nitrogens with two attached hydrogens (primary N) is 1. The van der Waals surface area contributed by atoms with Crippen molar-refractivity contribution in [3.8, 4) is 5.75 Å². The maximum absolute atomic E-state index is 6.20. The standard InChI is InChI=1S/C15H21N3OS/c1-4-14(16)15(11-9-17-18(2)10-11)19-12-5-7-13(20-3)8-6-12/h5-10,14-15H,4,16H2,1-3H3. The fourth-order valence-electron chi connectivity index (χ4n) is 2.00.